The number of likely N-dealkylation sites (tertiary alicyclic amines) is 1. The number of benzene rings is 1. The van der Waals surface area contributed by atoms with Crippen LogP contribution in [-0.2, 0) is 11.8 Å². The van der Waals surface area contributed by atoms with Crippen molar-refractivity contribution in [3.63, 3.8) is 0 Å². The van der Waals surface area contributed by atoms with Crippen molar-refractivity contribution in [2.45, 2.75) is 44.7 Å². The number of amides is 1. The molecule has 1 aromatic carbocycles. The smallest absolute Gasteiger partial charge is 0.352 e. The van der Waals surface area contributed by atoms with E-state index in [0.29, 0.717) is 44.6 Å². The molecule has 4 nitrogen and oxygen atoms in total. The largest absolute Gasteiger partial charge is 0.416 e. The predicted octanol–water partition coefficient (Wildman–Crippen LogP) is 5.93. The minimum absolute atomic E-state index is 0.0172. The van der Waals surface area contributed by atoms with Crippen LogP contribution in [0.2, 0.25) is 0 Å². The summed E-state index contributed by atoms with van der Waals surface area (Å²) >= 11 is 0. The van der Waals surface area contributed by atoms with Crippen molar-refractivity contribution < 1.29 is 39.9 Å². The first-order valence-corrected chi connectivity index (χ1v) is 12.2. The molecule has 204 valence electrons. The Hall–Kier alpha value is -1.38. The topological polar surface area (TPSA) is 44.7 Å². The second-order valence-corrected chi connectivity index (χ2v) is 10.6. The lowest BCUT2D eigenvalue weighted by Gasteiger charge is -2.32. The van der Waals surface area contributed by atoms with Crippen molar-refractivity contribution in [1.82, 2.24) is 10.2 Å². The van der Waals surface area contributed by atoms with E-state index < -0.39 is 46.0 Å². The van der Waals surface area contributed by atoms with Gasteiger partial charge < -0.3 is 10.2 Å². The van der Waals surface area contributed by atoms with Crippen LogP contribution in [0.25, 0.3) is 0 Å². The van der Waals surface area contributed by atoms with Crippen LogP contribution < -0.4 is 5.32 Å². The van der Waals surface area contributed by atoms with Gasteiger partial charge in [-0.2, -0.15) is 35.1 Å². The van der Waals surface area contributed by atoms with Crippen molar-refractivity contribution in [1.29, 1.82) is 0 Å². The molecule has 1 saturated heterocycles. The van der Waals surface area contributed by atoms with Gasteiger partial charge in [0, 0.05) is 29.7 Å². The lowest BCUT2D eigenvalue weighted by atomic mass is 9.94. The molecule has 0 bridgehead atoms. The third-order valence-corrected chi connectivity index (χ3v) is 7.45. The fourth-order valence-corrected chi connectivity index (χ4v) is 3.98. The lowest BCUT2D eigenvalue weighted by molar-refractivity contribution is -0.185. The minimum atomic E-state index is -4.89. The standard InChI is InChI=1S/C22H29F8N3OP2/c1-19(2,22(28,29)30)18(35)31-5-8-33-6-3-13(4-7-33)12-32-17(34)14-9-15(20(23,24)25)11-16(10-14)21(26,27)36/h9-11,13H,3-8,12,35-36H2,1-2H3,(H,32,34). The summed E-state index contributed by atoms with van der Waals surface area (Å²) in [4.78, 5) is 18.5. The summed E-state index contributed by atoms with van der Waals surface area (Å²) in [6.45, 7) is 4.15. The van der Waals surface area contributed by atoms with Gasteiger partial charge in [-0.1, -0.05) is 18.5 Å². The number of rotatable bonds is 8. The second kappa shape index (κ2) is 11.6. The molecule has 0 aromatic heterocycles. The molecule has 2 rings (SSSR count). The van der Waals surface area contributed by atoms with Gasteiger partial charge in [-0.25, -0.2) is 0 Å². The Balaban J connectivity index is 1.89. The minimum Gasteiger partial charge on any atom is -0.352 e. The number of alkyl halides is 8. The average Bonchev–Trinajstić information content (AvgIpc) is 2.76. The van der Waals surface area contributed by atoms with Gasteiger partial charge in [-0.15, -0.1) is 0 Å². The van der Waals surface area contributed by atoms with Crippen molar-refractivity contribution in [3.8, 4) is 0 Å². The van der Waals surface area contributed by atoms with Crippen molar-refractivity contribution >= 4 is 29.8 Å². The molecular weight excluding hydrogens is 536 g/mol. The zero-order chi connectivity index (χ0) is 27.5. The summed E-state index contributed by atoms with van der Waals surface area (Å²) in [7, 11) is 3.21. The molecule has 1 aromatic rings. The molecule has 1 fully saturated rings. The highest BCUT2D eigenvalue weighted by Gasteiger charge is 2.49. The first kappa shape index (κ1) is 30.8. The van der Waals surface area contributed by atoms with Gasteiger partial charge in [0.1, 0.15) is 5.41 Å². The summed E-state index contributed by atoms with van der Waals surface area (Å²) < 4.78 is 106. The molecule has 0 aliphatic carbocycles. The Morgan fingerprint density at radius 1 is 1.03 bits per heavy atom. The van der Waals surface area contributed by atoms with Gasteiger partial charge in [-0.05, 0) is 63.9 Å². The van der Waals surface area contributed by atoms with E-state index in [1.165, 1.54) is 0 Å². The summed E-state index contributed by atoms with van der Waals surface area (Å²) in [6, 6.07) is 1.59. The van der Waals surface area contributed by atoms with Gasteiger partial charge in [0.2, 0.25) is 0 Å². The molecular formula is C22H29F8N3OP2. The van der Waals surface area contributed by atoms with Gasteiger partial charge >= 0.3 is 12.4 Å². The van der Waals surface area contributed by atoms with Crippen LogP contribution in [0, 0.1) is 11.3 Å². The SMILES string of the molecule is CC(C)(C(P)=NCCN1CCC(CNC(=O)c2cc(C(F)(F)F)cc(C(F)(F)P)c2)CC1)C(F)(F)F. The molecule has 1 amide bonds. The zero-order valence-corrected chi connectivity index (χ0v) is 22.0. The monoisotopic (exact) mass is 565 g/mol. The number of hydrogen-bond acceptors (Lipinski definition) is 3. The molecule has 36 heavy (non-hydrogen) atoms. The highest BCUT2D eigenvalue weighted by atomic mass is 31.0. The number of nitrogens with one attached hydrogen (secondary N) is 1. The zero-order valence-electron chi connectivity index (χ0n) is 19.7. The Kier molecular flexibility index (Phi) is 9.91. The Morgan fingerprint density at radius 3 is 2.08 bits per heavy atom. The van der Waals surface area contributed by atoms with E-state index in [2.05, 4.69) is 19.5 Å². The Morgan fingerprint density at radius 2 is 1.58 bits per heavy atom. The number of piperidine rings is 1. The summed E-state index contributed by atoms with van der Waals surface area (Å²) in [5, 5.41) is 2.52. The Labute approximate surface area is 209 Å². The lowest BCUT2D eigenvalue weighted by Crippen LogP contribution is -2.40. The van der Waals surface area contributed by atoms with Crippen molar-refractivity contribution in [2.24, 2.45) is 16.3 Å². The van der Waals surface area contributed by atoms with Crippen LogP contribution in [0.15, 0.2) is 23.2 Å². The van der Waals surface area contributed by atoms with Gasteiger partial charge in [0.15, 0.2) is 0 Å². The van der Waals surface area contributed by atoms with E-state index in [0.717, 1.165) is 29.2 Å². The number of carbonyl (C=O) groups excluding carboxylic acids is 1. The first-order valence-electron chi connectivity index (χ1n) is 11.1. The number of halogens is 8. The molecule has 1 aliphatic rings. The second-order valence-electron chi connectivity index (χ2n) is 9.30. The maximum Gasteiger partial charge on any atom is 0.416 e. The maximum atomic E-state index is 13.6. The molecule has 2 unspecified atom stereocenters. The van der Waals surface area contributed by atoms with E-state index in [1.54, 1.807) is 0 Å². The van der Waals surface area contributed by atoms with Crippen LogP contribution in [0.4, 0.5) is 35.1 Å². The van der Waals surface area contributed by atoms with E-state index in [4.69, 9.17) is 0 Å². The highest BCUT2D eigenvalue weighted by Crippen LogP contribution is 2.41. The number of carbonyl (C=O) groups is 1. The molecule has 2 atom stereocenters. The molecule has 14 heteroatoms. The summed E-state index contributed by atoms with van der Waals surface area (Å²) in [6.07, 6.45) is -8.02. The third-order valence-electron chi connectivity index (χ3n) is 6.21. The number of hydrogen-bond donors (Lipinski definition) is 1. The van der Waals surface area contributed by atoms with E-state index in [9.17, 15) is 39.9 Å². The van der Waals surface area contributed by atoms with Crippen LogP contribution in [-0.4, -0.2) is 55.2 Å². The van der Waals surface area contributed by atoms with E-state index in [-0.39, 0.29) is 24.5 Å². The first-order chi connectivity index (χ1) is 16.3. The van der Waals surface area contributed by atoms with Gasteiger partial charge in [0.05, 0.1) is 12.1 Å². The molecule has 0 saturated carbocycles. The normalized spacial score (nSPS) is 17.4. The summed E-state index contributed by atoms with van der Waals surface area (Å²) in [5.74, 6) is -0.864. The molecule has 1 N–H and O–H groups in total. The van der Waals surface area contributed by atoms with E-state index >= 15 is 0 Å². The molecule has 0 radical (unpaired) electrons. The fourth-order valence-electron chi connectivity index (χ4n) is 3.52. The molecule has 1 aliphatic heterocycles. The van der Waals surface area contributed by atoms with Crippen molar-refractivity contribution in [2.75, 3.05) is 32.7 Å². The van der Waals surface area contributed by atoms with Crippen LogP contribution in [0.3, 0.4) is 0 Å². The number of aliphatic imine (C=N–C) groups is 1. The quantitative estimate of drug-likeness (QED) is 0.241. The van der Waals surface area contributed by atoms with Crippen molar-refractivity contribution in [3.05, 3.63) is 34.9 Å². The average molecular weight is 565 g/mol. The maximum absolute atomic E-state index is 13.6. The van der Waals surface area contributed by atoms with Crippen LogP contribution in [0.1, 0.15) is 48.2 Å². The third kappa shape index (κ3) is 8.32. The molecule has 0 spiro atoms. The molecule has 1 heterocycles. The van der Waals surface area contributed by atoms with Crippen LogP contribution in [0.5, 0.6) is 0 Å². The fraction of sp³-hybridized carbons (Fsp3) is 0.636. The van der Waals surface area contributed by atoms with Gasteiger partial charge in [-0.3, -0.25) is 9.79 Å². The number of nitrogens with zero attached hydrogens (tertiary/aromatic N) is 2. The van der Waals surface area contributed by atoms with E-state index in [1.807, 2.05) is 4.90 Å². The van der Waals surface area contributed by atoms with Gasteiger partial charge in [0.25, 0.3) is 11.6 Å². The predicted molar refractivity (Wildman–Crippen MR) is 128 cm³/mol. The summed E-state index contributed by atoms with van der Waals surface area (Å²) in [5.41, 5.74) is -8.54. The Bertz CT molecular complexity index is 918. The van der Waals surface area contributed by atoms with Crippen LogP contribution >= 0.6 is 18.5 Å². The highest BCUT2D eigenvalue weighted by molar-refractivity contribution is 7.41.